The summed E-state index contributed by atoms with van der Waals surface area (Å²) in [5.74, 6) is 0. The third kappa shape index (κ3) is 2.08. The predicted molar refractivity (Wildman–Crippen MR) is 75.9 cm³/mol. The van der Waals surface area contributed by atoms with Gasteiger partial charge in [0, 0.05) is 25.8 Å². The molecule has 1 aromatic carbocycles. The van der Waals surface area contributed by atoms with Crippen molar-refractivity contribution in [3.05, 3.63) is 42.4 Å². The van der Waals surface area contributed by atoms with E-state index in [1.54, 1.807) is 11.6 Å². The molecule has 6 nitrogen and oxygen atoms in total. The summed E-state index contributed by atoms with van der Waals surface area (Å²) in [6.45, 7) is 0.274. The summed E-state index contributed by atoms with van der Waals surface area (Å²) in [5.41, 5.74) is 7.63. The second-order valence-corrected chi connectivity index (χ2v) is 6.82. The number of sulfonamides is 1. The predicted octanol–water partition coefficient (Wildman–Crippen LogP) is 0.499. The smallest absolute Gasteiger partial charge is 0.283 e. The number of aryl methyl sites for hydroxylation is 1. The molecule has 106 valence electrons. The number of benzene rings is 1. The van der Waals surface area contributed by atoms with Gasteiger partial charge in [0.2, 0.25) is 0 Å². The number of fused-ring (bicyclic) bond motifs is 1. The number of nitrogens with two attached hydrogens (primary N) is 1. The zero-order valence-corrected chi connectivity index (χ0v) is 11.9. The molecule has 20 heavy (non-hydrogen) atoms. The van der Waals surface area contributed by atoms with Crippen molar-refractivity contribution in [2.24, 2.45) is 12.8 Å². The second kappa shape index (κ2) is 4.60. The molecule has 2 aromatic rings. The first-order valence-corrected chi connectivity index (χ1v) is 7.76. The highest BCUT2D eigenvalue weighted by atomic mass is 32.2. The van der Waals surface area contributed by atoms with Gasteiger partial charge >= 0.3 is 0 Å². The standard InChI is InChI=1S/C13H16N4O2S/c1-16-8-13(15-9-16)20(18,19)17-7-11(14)6-10-4-2-3-5-12(10)17/h2-5,8-9,11H,6-7,14H2,1H3. The van der Waals surface area contributed by atoms with Gasteiger partial charge in [-0.05, 0) is 18.1 Å². The summed E-state index contributed by atoms with van der Waals surface area (Å²) in [6, 6.07) is 7.24. The Morgan fingerprint density at radius 3 is 2.80 bits per heavy atom. The van der Waals surface area contributed by atoms with Gasteiger partial charge in [-0.1, -0.05) is 18.2 Å². The lowest BCUT2D eigenvalue weighted by Crippen LogP contribution is -2.46. The molecule has 2 N–H and O–H groups in total. The molecule has 1 aliphatic rings. The van der Waals surface area contributed by atoms with E-state index in [4.69, 9.17) is 5.73 Å². The van der Waals surface area contributed by atoms with Crippen LogP contribution in [-0.2, 0) is 23.5 Å². The topological polar surface area (TPSA) is 81.2 Å². The Hall–Kier alpha value is -1.86. The van der Waals surface area contributed by atoms with E-state index in [1.165, 1.54) is 16.8 Å². The maximum absolute atomic E-state index is 12.7. The van der Waals surface area contributed by atoms with E-state index in [0.717, 1.165) is 5.56 Å². The Morgan fingerprint density at radius 2 is 2.10 bits per heavy atom. The first-order chi connectivity index (χ1) is 9.48. The third-order valence-electron chi connectivity index (χ3n) is 3.38. The number of para-hydroxylation sites is 1. The van der Waals surface area contributed by atoms with Crippen LogP contribution in [0.2, 0.25) is 0 Å². The van der Waals surface area contributed by atoms with Gasteiger partial charge in [-0.15, -0.1) is 0 Å². The molecule has 0 bridgehead atoms. The lowest BCUT2D eigenvalue weighted by Gasteiger charge is -2.33. The van der Waals surface area contributed by atoms with Crippen LogP contribution in [0.15, 0.2) is 41.8 Å². The number of imidazole rings is 1. The number of nitrogens with zero attached hydrogens (tertiary/aromatic N) is 3. The largest absolute Gasteiger partial charge is 0.339 e. The van der Waals surface area contributed by atoms with Gasteiger partial charge < -0.3 is 10.3 Å². The van der Waals surface area contributed by atoms with Crippen molar-refractivity contribution in [3.63, 3.8) is 0 Å². The average molecular weight is 292 g/mol. The number of hydrogen-bond donors (Lipinski definition) is 1. The zero-order valence-electron chi connectivity index (χ0n) is 11.1. The van der Waals surface area contributed by atoms with Crippen LogP contribution < -0.4 is 10.0 Å². The molecule has 1 aliphatic heterocycles. The van der Waals surface area contributed by atoms with Gasteiger partial charge in [0.25, 0.3) is 10.0 Å². The minimum atomic E-state index is -3.67. The molecule has 0 saturated heterocycles. The van der Waals surface area contributed by atoms with Crippen molar-refractivity contribution in [3.8, 4) is 0 Å². The van der Waals surface area contributed by atoms with E-state index in [2.05, 4.69) is 4.98 Å². The van der Waals surface area contributed by atoms with E-state index in [0.29, 0.717) is 12.1 Å². The molecular weight excluding hydrogens is 276 g/mol. The summed E-state index contributed by atoms with van der Waals surface area (Å²) in [5, 5.41) is 0.0453. The molecular formula is C13H16N4O2S. The van der Waals surface area contributed by atoms with E-state index < -0.39 is 10.0 Å². The monoisotopic (exact) mass is 292 g/mol. The third-order valence-corrected chi connectivity index (χ3v) is 5.04. The highest BCUT2D eigenvalue weighted by molar-refractivity contribution is 7.92. The number of aromatic nitrogens is 2. The molecule has 0 aliphatic carbocycles. The maximum atomic E-state index is 12.7. The molecule has 0 saturated carbocycles. The van der Waals surface area contributed by atoms with Crippen LogP contribution in [0.5, 0.6) is 0 Å². The molecule has 1 aromatic heterocycles. The zero-order chi connectivity index (χ0) is 14.3. The highest BCUT2D eigenvalue weighted by Gasteiger charge is 2.33. The minimum Gasteiger partial charge on any atom is -0.339 e. The van der Waals surface area contributed by atoms with E-state index >= 15 is 0 Å². The summed E-state index contributed by atoms with van der Waals surface area (Å²) in [7, 11) is -1.93. The molecule has 7 heteroatoms. The van der Waals surface area contributed by atoms with E-state index in [-0.39, 0.29) is 17.6 Å². The first kappa shape index (κ1) is 13.1. The van der Waals surface area contributed by atoms with Crippen LogP contribution in [0.3, 0.4) is 0 Å². The van der Waals surface area contributed by atoms with Gasteiger partial charge in [-0.2, -0.15) is 8.42 Å². The van der Waals surface area contributed by atoms with Crippen LogP contribution in [0.1, 0.15) is 5.56 Å². The molecule has 1 atom stereocenters. The molecule has 3 rings (SSSR count). The average Bonchev–Trinajstić information content (AvgIpc) is 2.85. The van der Waals surface area contributed by atoms with E-state index in [1.807, 2.05) is 24.3 Å². The van der Waals surface area contributed by atoms with Crippen LogP contribution in [-0.4, -0.2) is 30.6 Å². The van der Waals surface area contributed by atoms with Gasteiger partial charge in [0.15, 0.2) is 5.03 Å². The fourth-order valence-corrected chi connectivity index (χ4v) is 3.98. The quantitative estimate of drug-likeness (QED) is 0.874. The number of rotatable bonds is 2. The Kier molecular flexibility index (Phi) is 3.02. The summed E-state index contributed by atoms with van der Waals surface area (Å²) < 4.78 is 28.4. The Morgan fingerprint density at radius 1 is 1.35 bits per heavy atom. The van der Waals surface area contributed by atoms with Crippen molar-refractivity contribution in [1.29, 1.82) is 0 Å². The van der Waals surface area contributed by atoms with Gasteiger partial charge in [-0.25, -0.2) is 4.98 Å². The van der Waals surface area contributed by atoms with Crippen molar-refractivity contribution < 1.29 is 8.42 Å². The number of anilines is 1. The van der Waals surface area contributed by atoms with Crippen LogP contribution in [0.4, 0.5) is 5.69 Å². The minimum absolute atomic E-state index is 0.0453. The van der Waals surface area contributed by atoms with Gasteiger partial charge in [-0.3, -0.25) is 4.31 Å². The van der Waals surface area contributed by atoms with Crippen LogP contribution in [0, 0.1) is 0 Å². The van der Waals surface area contributed by atoms with Gasteiger partial charge in [0.05, 0.1) is 12.0 Å². The lowest BCUT2D eigenvalue weighted by atomic mass is 10.0. The van der Waals surface area contributed by atoms with Crippen LogP contribution >= 0.6 is 0 Å². The van der Waals surface area contributed by atoms with Gasteiger partial charge in [0.1, 0.15) is 0 Å². The second-order valence-electron chi connectivity index (χ2n) is 5.01. The summed E-state index contributed by atoms with van der Waals surface area (Å²) in [4.78, 5) is 3.95. The van der Waals surface area contributed by atoms with Crippen molar-refractivity contribution in [2.45, 2.75) is 17.5 Å². The Balaban J connectivity index is 2.10. The fourth-order valence-electron chi connectivity index (χ4n) is 2.45. The summed E-state index contributed by atoms with van der Waals surface area (Å²) >= 11 is 0. The number of hydrogen-bond acceptors (Lipinski definition) is 4. The van der Waals surface area contributed by atoms with Crippen molar-refractivity contribution in [1.82, 2.24) is 9.55 Å². The Bertz CT molecular complexity index is 738. The van der Waals surface area contributed by atoms with Crippen molar-refractivity contribution >= 4 is 15.7 Å². The van der Waals surface area contributed by atoms with Crippen LogP contribution in [0.25, 0.3) is 0 Å². The molecule has 2 heterocycles. The molecule has 0 radical (unpaired) electrons. The van der Waals surface area contributed by atoms with Crippen molar-refractivity contribution in [2.75, 3.05) is 10.8 Å². The SMILES string of the molecule is Cn1cnc(S(=O)(=O)N2CC(N)Cc3ccccc32)c1. The maximum Gasteiger partial charge on any atom is 0.283 e. The molecule has 1 unspecified atom stereocenters. The summed E-state index contributed by atoms with van der Waals surface area (Å²) in [6.07, 6.45) is 3.66. The molecule has 0 fully saturated rings. The first-order valence-electron chi connectivity index (χ1n) is 6.32. The highest BCUT2D eigenvalue weighted by Crippen LogP contribution is 2.30. The fraction of sp³-hybridized carbons (Fsp3) is 0.308. The molecule has 0 amide bonds. The molecule has 0 spiro atoms. The Labute approximate surface area is 117 Å². The normalized spacial score (nSPS) is 18.9. The van der Waals surface area contributed by atoms with E-state index in [9.17, 15) is 8.42 Å². The lowest BCUT2D eigenvalue weighted by molar-refractivity contribution is 0.572.